The van der Waals surface area contributed by atoms with Crippen molar-refractivity contribution in [3.63, 3.8) is 0 Å². The van der Waals surface area contributed by atoms with E-state index in [4.69, 9.17) is 9.84 Å². The highest BCUT2D eigenvalue weighted by Crippen LogP contribution is 2.35. The molecule has 3 nitrogen and oxygen atoms in total. The maximum Gasteiger partial charge on any atom is 0.303 e. The molecule has 25 heavy (non-hydrogen) atoms. The van der Waals surface area contributed by atoms with E-state index in [-0.39, 0.29) is 12.5 Å². The van der Waals surface area contributed by atoms with Crippen LogP contribution < -0.4 is 0 Å². The van der Waals surface area contributed by atoms with Gasteiger partial charge in [-0.15, -0.1) is 0 Å². The van der Waals surface area contributed by atoms with Crippen LogP contribution in [0.1, 0.15) is 64.2 Å². The Morgan fingerprint density at radius 3 is 2.72 bits per heavy atom. The molecule has 0 bridgehead atoms. The van der Waals surface area contributed by atoms with Gasteiger partial charge in [0, 0.05) is 6.42 Å². The Bertz CT molecular complexity index is 638. The van der Waals surface area contributed by atoms with Crippen molar-refractivity contribution in [2.45, 2.75) is 59.5 Å². The number of carbonyl (C=O) groups is 1. The third kappa shape index (κ3) is 7.00. The van der Waals surface area contributed by atoms with Gasteiger partial charge in [0.25, 0.3) is 0 Å². The van der Waals surface area contributed by atoms with Crippen molar-refractivity contribution in [1.82, 2.24) is 0 Å². The fourth-order valence-corrected chi connectivity index (χ4v) is 2.80. The largest absolute Gasteiger partial charge is 0.486 e. The summed E-state index contributed by atoms with van der Waals surface area (Å²) in [4.78, 5) is 10.6. The lowest BCUT2D eigenvalue weighted by Gasteiger charge is -2.16. The zero-order chi connectivity index (χ0) is 18.7. The number of benzene rings is 1. The van der Waals surface area contributed by atoms with Crippen LogP contribution in [0, 0.1) is 0 Å². The molecule has 0 fully saturated rings. The molecule has 0 saturated heterocycles. The fraction of sp³-hybridized carbons (Fsp3) is 0.409. The quantitative estimate of drug-likeness (QED) is 0.489. The summed E-state index contributed by atoms with van der Waals surface area (Å²) in [5.74, 6) is 0.0452. The average molecular weight is 342 g/mol. The minimum absolute atomic E-state index is 0.0977. The summed E-state index contributed by atoms with van der Waals surface area (Å²) in [5.41, 5.74) is 3.66. The van der Waals surface area contributed by atoms with Gasteiger partial charge in [0.15, 0.2) is 0 Å². The van der Waals surface area contributed by atoms with E-state index in [0.29, 0.717) is 6.42 Å². The summed E-state index contributed by atoms with van der Waals surface area (Å²) in [6.45, 7) is 7.93. The highest BCUT2D eigenvalue weighted by Gasteiger charge is 2.23. The number of rotatable bonds is 7. The predicted molar refractivity (Wildman–Crippen MR) is 103 cm³/mol. The summed E-state index contributed by atoms with van der Waals surface area (Å²) >= 11 is 0. The Kier molecular flexibility index (Phi) is 9.38. The molecule has 0 radical (unpaired) electrons. The Balaban J connectivity index is 0.00000151. The molecule has 1 aliphatic carbocycles. The van der Waals surface area contributed by atoms with E-state index in [2.05, 4.69) is 24.3 Å². The van der Waals surface area contributed by atoms with Gasteiger partial charge in [0.1, 0.15) is 11.9 Å². The molecule has 0 aromatic heterocycles. The first-order valence-electron chi connectivity index (χ1n) is 9.07. The maximum absolute atomic E-state index is 10.6. The molecule has 0 heterocycles. The molecule has 1 N–H and O–H groups in total. The highest BCUT2D eigenvalue weighted by atomic mass is 16.5. The summed E-state index contributed by atoms with van der Waals surface area (Å²) in [5, 5.41) is 8.69. The molecule has 1 unspecified atom stereocenters. The number of carboxylic acid groups (broad SMARTS) is 1. The molecule has 0 saturated carbocycles. The second-order valence-electron chi connectivity index (χ2n) is 5.77. The SMILES string of the molecule is CC.C\C=C/C(=C\C(C)=C\CCC(=O)O)OC1CCc2ccccc21. The molecule has 1 aromatic carbocycles. The van der Waals surface area contributed by atoms with Crippen LogP contribution in [0.4, 0.5) is 0 Å². The van der Waals surface area contributed by atoms with Gasteiger partial charge in [0.2, 0.25) is 0 Å². The van der Waals surface area contributed by atoms with Crippen molar-refractivity contribution in [2.75, 3.05) is 0 Å². The van der Waals surface area contributed by atoms with Gasteiger partial charge < -0.3 is 9.84 Å². The highest BCUT2D eigenvalue weighted by molar-refractivity contribution is 5.66. The van der Waals surface area contributed by atoms with Crippen LogP contribution in [-0.4, -0.2) is 11.1 Å². The zero-order valence-electron chi connectivity index (χ0n) is 15.8. The number of aryl methyl sites for hydroxylation is 1. The van der Waals surface area contributed by atoms with Crippen LogP contribution in [0.25, 0.3) is 0 Å². The normalized spacial score (nSPS) is 17.0. The minimum Gasteiger partial charge on any atom is -0.486 e. The van der Waals surface area contributed by atoms with Gasteiger partial charge >= 0.3 is 5.97 Å². The van der Waals surface area contributed by atoms with Crippen LogP contribution in [-0.2, 0) is 16.0 Å². The minimum atomic E-state index is -0.773. The van der Waals surface area contributed by atoms with Crippen LogP contribution in [0.2, 0.25) is 0 Å². The standard InChI is InChI=1S/C20H24O3.C2H6/c1-3-7-17(14-15(2)8-6-11-20(21)22)23-19-13-12-16-9-4-5-10-18(16)19;1-2/h3-5,7-10,14,19H,6,11-13H2,1-2H3,(H,21,22);1-2H3/b7-3-,15-8+,17-14+;. The van der Waals surface area contributed by atoms with Crippen molar-refractivity contribution in [1.29, 1.82) is 0 Å². The molecule has 0 amide bonds. The fourth-order valence-electron chi connectivity index (χ4n) is 2.80. The monoisotopic (exact) mass is 342 g/mol. The molecular weight excluding hydrogens is 312 g/mol. The van der Waals surface area contributed by atoms with Gasteiger partial charge in [-0.1, -0.05) is 55.8 Å². The molecular formula is C22H30O3. The molecule has 1 aliphatic rings. The van der Waals surface area contributed by atoms with Crippen LogP contribution in [0.5, 0.6) is 0 Å². The van der Waals surface area contributed by atoms with Crippen molar-refractivity contribution in [3.05, 3.63) is 71.0 Å². The summed E-state index contributed by atoms with van der Waals surface area (Å²) in [6, 6.07) is 8.42. The van der Waals surface area contributed by atoms with Crippen LogP contribution in [0.15, 0.2) is 59.9 Å². The Morgan fingerprint density at radius 1 is 1.32 bits per heavy atom. The number of allylic oxidation sites excluding steroid dienone is 5. The number of ether oxygens (including phenoxy) is 1. The number of aliphatic carboxylic acids is 1. The third-order valence-corrected chi connectivity index (χ3v) is 3.88. The molecule has 1 atom stereocenters. The number of hydrogen-bond acceptors (Lipinski definition) is 2. The first kappa shape index (κ1) is 20.8. The van der Waals surface area contributed by atoms with E-state index < -0.39 is 5.97 Å². The molecule has 2 rings (SSSR count). The van der Waals surface area contributed by atoms with Gasteiger partial charge in [-0.2, -0.15) is 0 Å². The van der Waals surface area contributed by atoms with Crippen LogP contribution in [0.3, 0.4) is 0 Å². The molecule has 3 heteroatoms. The van der Waals surface area contributed by atoms with Crippen molar-refractivity contribution >= 4 is 5.97 Å². The van der Waals surface area contributed by atoms with E-state index in [1.165, 1.54) is 11.1 Å². The first-order valence-corrected chi connectivity index (χ1v) is 9.07. The summed E-state index contributed by atoms with van der Waals surface area (Å²) in [7, 11) is 0. The molecule has 1 aromatic rings. The average Bonchev–Trinajstić information content (AvgIpc) is 3.00. The summed E-state index contributed by atoms with van der Waals surface area (Å²) in [6.07, 6.45) is 10.7. The van der Waals surface area contributed by atoms with Crippen molar-refractivity contribution in [3.8, 4) is 0 Å². The van der Waals surface area contributed by atoms with Gasteiger partial charge in [0.05, 0.1) is 0 Å². The number of fused-ring (bicyclic) bond motifs is 1. The first-order chi connectivity index (χ1) is 12.1. The second kappa shape index (κ2) is 11.3. The third-order valence-electron chi connectivity index (χ3n) is 3.88. The van der Waals surface area contributed by atoms with Gasteiger partial charge in [-0.05, 0) is 56.4 Å². The second-order valence-corrected chi connectivity index (χ2v) is 5.77. The van der Waals surface area contributed by atoms with E-state index in [9.17, 15) is 4.79 Å². The topological polar surface area (TPSA) is 46.5 Å². The Hall–Kier alpha value is -2.29. The van der Waals surface area contributed by atoms with Crippen molar-refractivity contribution in [2.24, 2.45) is 0 Å². The summed E-state index contributed by atoms with van der Waals surface area (Å²) < 4.78 is 6.19. The van der Waals surface area contributed by atoms with Gasteiger partial charge in [-0.3, -0.25) is 4.79 Å². The Labute approximate surface area is 151 Å². The number of hydrogen-bond donors (Lipinski definition) is 1. The smallest absolute Gasteiger partial charge is 0.303 e. The number of carboxylic acids is 1. The van der Waals surface area contributed by atoms with Gasteiger partial charge in [-0.25, -0.2) is 0 Å². The predicted octanol–water partition coefficient (Wildman–Crippen LogP) is 5.99. The van der Waals surface area contributed by atoms with E-state index >= 15 is 0 Å². The zero-order valence-corrected chi connectivity index (χ0v) is 15.8. The van der Waals surface area contributed by atoms with Crippen molar-refractivity contribution < 1.29 is 14.6 Å². The van der Waals surface area contributed by atoms with E-state index in [1.807, 2.05) is 52.0 Å². The van der Waals surface area contributed by atoms with Crippen LogP contribution >= 0.6 is 0 Å². The lowest BCUT2D eigenvalue weighted by atomic mass is 10.1. The molecule has 0 spiro atoms. The van der Waals surface area contributed by atoms with E-state index in [0.717, 1.165) is 24.2 Å². The molecule has 0 aliphatic heterocycles. The lowest BCUT2D eigenvalue weighted by molar-refractivity contribution is -0.136. The maximum atomic E-state index is 10.6. The molecule has 136 valence electrons. The van der Waals surface area contributed by atoms with E-state index in [1.54, 1.807) is 0 Å². The lowest BCUT2D eigenvalue weighted by Crippen LogP contribution is -1.99. The Morgan fingerprint density at radius 2 is 2.04 bits per heavy atom.